The van der Waals surface area contributed by atoms with Gasteiger partial charge >= 0.3 is 17.1 Å². The molecule has 5 heterocycles. The van der Waals surface area contributed by atoms with Crippen molar-refractivity contribution in [2.45, 2.75) is 122 Å². The first-order valence-corrected chi connectivity index (χ1v) is 19.6. The molecule has 3 aliphatic heterocycles. The fourth-order valence-corrected chi connectivity index (χ4v) is 18.2. The topological polar surface area (TPSA) is 162 Å². The number of amides is 1. The van der Waals surface area contributed by atoms with Gasteiger partial charge in [0.1, 0.15) is 11.6 Å². The van der Waals surface area contributed by atoms with E-state index < -0.39 is 41.1 Å². The fourth-order valence-electron chi connectivity index (χ4n) is 6.92. The maximum Gasteiger partial charge on any atom is 0.335 e. The number of hydrogen-bond donors (Lipinski definition) is 1. The zero-order valence-electron chi connectivity index (χ0n) is 27.6. The molecule has 1 N–H and O–H groups in total. The maximum atomic E-state index is 12.0. The molecule has 0 saturated carbocycles. The van der Waals surface area contributed by atoms with Gasteiger partial charge in [0.15, 0.2) is 23.2 Å². The van der Waals surface area contributed by atoms with Crippen molar-refractivity contribution in [3.05, 3.63) is 16.8 Å². The van der Waals surface area contributed by atoms with Crippen LogP contribution < -0.4 is 10.2 Å². The molecule has 16 heteroatoms. The zero-order chi connectivity index (χ0) is 32.2. The van der Waals surface area contributed by atoms with E-state index in [1.54, 1.807) is 10.9 Å². The van der Waals surface area contributed by atoms with E-state index in [0.29, 0.717) is 17.0 Å². The minimum absolute atomic E-state index is 0.0877. The summed E-state index contributed by atoms with van der Waals surface area (Å²) in [4.78, 5) is 31.4. The molecule has 5 rings (SSSR count). The van der Waals surface area contributed by atoms with Crippen LogP contribution in [0.15, 0.2) is 11.4 Å². The Balaban J connectivity index is 1.67. The van der Waals surface area contributed by atoms with Crippen molar-refractivity contribution in [3.8, 4) is 0 Å². The molecule has 0 bridgehead atoms. The monoisotopic (exact) mass is 645 g/mol. The lowest BCUT2D eigenvalue weighted by molar-refractivity contribution is -0.114. The Morgan fingerprint density at radius 3 is 2.25 bits per heavy atom. The minimum atomic E-state index is -3.03. The summed E-state index contributed by atoms with van der Waals surface area (Å²) in [6, 6.07) is 0. The second-order valence-electron chi connectivity index (χ2n) is 13.7. The Labute approximate surface area is 261 Å². The third-order valence-electron chi connectivity index (χ3n) is 9.40. The van der Waals surface area contributed by atoms with E-state index in [0.717, 1.165) is 19.5 Å². The van der Waals surface area contributed by atoms with Crippen molar-refractivity contribution in [1.29, 1.82) is 0 Å². The Hall–Kier alpha value is -2.60. The van der Waals surface area contributed by atoms with Crippen LogP contribution in [0.3, 0.4) is 0 Å². The van der Waals surface area contributed by atoms with Crippen LogP contribution in [0, 0.1) is 0 Å². The molecule has 4 atom stereocenters. The molecule has 44 heavy (non-hydrogen) atoms. The van der Waals surface area contributed by atoms with Gasteiger partial charge in [-0.25, -0.2) is 4.98 Å². The quantitative estimate of drug-likeness (QED) is 0.159. The minimum Gasteiger partial charge on any atom is -0.414 e. The second kappa shape index (κ2) is 12.0. The number of ether oxygens (including phenoxy) is 1. The first-order valence-electron chi connectivity index (χ1n) is 15.7. The van der Waals surface area contributed by atoms with Crippen LogP contribution in [0.25, 0.3) is 21.6 Å². The van der Waals surface area contributed by atoms with Crippen LogP contribution in [-0.4, -0.2) is 80.0 Å². The summed E-state index contributed by atoms with van der Waals surface area (Å²) in [6.07, 6.45) is 0.653. The van der Waals surface area contributed by atoms with Gasteiger partial charge in [-0.3, -0.25) is 14.7 Å². The third kappa shape index (κ3) is 5.23. The van der Waals surface area contributed by atoms with E-state index in [2.05, 4.69) is 80.6 Å². The van der Waals surface area contributed by atoms with Gasteiger partial charge in [0.2, 0.25) is 11.9 Å². The molecular weight excluding hydrogens is 599 g/mol. The van der Waals surface area contributed by atoms with E-state index in [4.69, 9.17) is 27.7 Å². The van der Waals surface area contributed by atoms with E-state index in [9.17, 15) is 10.3 Å². The molecule has 0 unspecified atom stereocenters. The van der Waals surface area contributed by atoms with Crippen molar-refractivity contribution >= 4 is 46.0 Å². The second-order valence-corrected chi connectivity index (χ2v) is 22.5. The van der Waals surface area contributed by atoms with Crippen molar-refractivity contribution < 1.29 is 22.5 Å². The molecule has 3 aliphatic rings. The standard InChI is InChI=1S/C28H47N9O5Si2/c1-16(2)43(17(3)4)39-14-21-23(41-44(42-43,18(5)6)19(7)8)28(10,34-35-29)26(40-21)37-15-30-22-24(36-12-11-13-36)32-27(31-20(9)38)33-25(22)37/h15-19,21,23,26H,11-14H2,1-10H3,(H,31,32,33,38)/t21-,23-,26-,28-/m1/s1. The van der Waals surface area contributed by atoms with Gasteiger partial charge in [0.05, 0.1) is 19.0 Å². The maximum absolute atomic E-state index is 12.0. The lowest BCUT2D eigenvalue weighted by atomic mass is 9.93. The summed E-state index contributed by atoms with van der Waals surface area (Å²) < 4.78 is 30.2. The number of nitrogens with zero attached hydrogens (tertiary/aromatic N) is 8. The number of carbonyl (C=O) groups excluding carboxylic acids is 1. The fraction of sp³-hybridized carbons (Fsp3) is 0.786. The number of nitrogens with one attached hydrogen (secondary N) is 1. The predicted molar refractivity (Wildman–Crippen MR) is 172 cm³/mol. The molecule has 0 radical (unpaired) electrons. The zero-order valence-corrected chi connectivity index (χ0v) is 29.6. The summed E-state index contributed by atoms with van der Waals surface area (Å²) in [6.45, 7) is 22.5. The van der Waals surface area contributed by atoms with Crippen molar-refractivity contribution in [1.82, 2.24) is 19.5 Å². The molecule has 3 saturated heterocycles. The van der Waals surface area contributed by atoms with Gasteiger partial charge in [-0.05, 0) is 41.0 Å². The molecule has 0 aromatic carbocycles. The highest BCUT2D eigenvalue weighted by molar-refractivity contribution is 6.84. The summed E-state index contributed by atoms with van der Waals surface area (Å²) in [7, 11) is -5.84. The van der Waals surface area contributed by atoms with E-state index in [1.807, 2.05) is 6.92 Å². The molecule has 2 aromatic heterocycles. The normalized spacial score (nSPS) is 28.1. The highest BCUT2D eigenvalue weighted by atomic mass is 28.5. The van der Waals surface area contributed by atoms with Crippen LogP contribution >= 0.6 is 0 Å². The van der Waals surface area contributed by atoms with E-state index in [1.165, 1.54) is 6.92 Å². The van der Waals surface area contributed by atoms with Crippen LogP contribution in [0.4, 0.5) is 11.8 Å². The number of fused-ring (bicyclic) bond motifs is 2. The number of hydrogen-bond acceptors (Lipinski definition) is 10. The summed E-state index contributed by atoms with van der Waals surface area (Å²) >= 11 is 0. The lowest BCUT2D eigenvalue weighted by Gasteiger charge is -2.52. The van der Waals surface area contributed by atoms with Crippen LogP contribution in [0.2, 0.25) is 22.2 Å². The number of imidazole rings is 1. The van der Waals surface area contributed by atoms with Gasteiger partial charge in [-0.15, -0.1) is 0 Å². The smallest absolute Gasteiger partial charge is 0.335 e. The van der Waals surface area contributed by atoms with Gasteiger partial charge in [0.25, 0.3) is 0 Å². The Morgan fingerprint density at radius 1 is 1.09 bits per heavy atom. The first kappa shape index (κ1) is 32.8. The number of carbonyl (C=O) groups is 1. The number of azide groups is 1. The van der Waals surface area contributed by atoms with Crippen molar-refractivity contribution in [2.24, 2.45) is 5.11 Å². The highest BCUT2D eigenvalue weighted by Crippen LogP contribution is 2.52. The molecule has 2 aromatic rings. The van der Waals surface area contributed by atoms with Crippen molar-refractivity contribution in [2.75, 3.05) is 29.9 Å². The van der Waals surface area contributed by atoms with E-state index >= 15 is 0 Å². The van der Waals surface area contributed by atoms with Gasteiger partial charge in [-0.1, -0.05) is 60.5 Å². The van der Waals surface area contributed by atoms with Gasteiger partial charge < -0.3 is 22.6 Å². The highest BCUT2D eigenvalue weighted by Gasteiger charge is 2.64. The van der Waals surface area contributed by atoms with Crippen LogP contribution in [-0.2, 0) is 22.5 Å². The first-order chi connectivity index (χ1) is 20.7. The summed E-state index contributed by atoms with van der Waals surface area (Å²) in [5.74, 6) is 0.533. The average molecular weight is 646 g/mol. The number of anilines is 2. The molecule has 3 fully saturated rings. The number of aromatic nitrogens is 4. The molecule has 1 amide bonds. The lowest BCUT2D eigenvalue weighted by Crippen LogP contribution is -2.66. The Bertz CT molecular complexity index is 1430. The molecule has 0 aliphatic carbocycles. The van der Waals surface area contributed by atoms with Crippen LogP contribution in [0.1, 0.15) is 81.9 Å². The average Bonchev–Trinajstić information content (AvgIpc) is 3.40. The van der Waals surface area contributed by atoms with Crippen LogP contribution in [0.5, 0.6) is 0 Å². The number of rotatable bonds is 8. The van der Waals surface area contributed by atoms with Gasteiger partial charge in [-0.2, -0.15) is 9.97 Å². The molecular formula is C28H47N9O5Si2. The Kier molecular flexibility index (Phi) is 8.92. The SMILES string of the molecule is CC(=O)Nc1nc(N2CCC2)c2ncn([C@@H]3O[C@@H]4CO[Si](C(C)C)(C(C)C)O[Si](C(C)C)(C(C)C)O[C@H]4[C@@]3(C)N=[N+]=[N-])c2n1. The van der Waals surface area contributed by atoms with E-state index in [-0.39, 0.29) is 40.6 Å². The predicted octanol–water partition coefficient (Wildman–Crippen LogP) is 5.92. The summed E-state index contributed by atoms with van der Waals surface area (Å²) in [5, 5.41) is 7.11. The largest absolute Gasteiger partial charge is 0.414 e. The summed E-state index contributed by atoms with van der Waals surface area (Å²) in [5.41, 5.74) is 10.3. The third-order valence-corrected chi connectivity index (χ3v) is 19.6. The van der Waals surface area contributed by atoms with Gasteiger partial charge in [0, 0.05) is 24.9 Å². The molecule has 242 valence electrons. The molecule has 14 nitrogen and oxygen atoms in total. The molecule has 0 spiro atoms. The van der Waals surface area contributed by atoms with Crippen molar-refractivity contribution in [3.63, 3.8) is 0 Å². The Morgan fingerprint density at radius 2 is 1.73 bits per heavy atom.